The molecule has 0 bridgehead atoms. The third-order valence-electron chi connectivity index (χ3n) is 7.75. The van der Waals surface area contributed by atoms with Gasteiger partial charge in [-0.25, -0.2) is 9.78 Å². The molecular formula is C28H32F3N3O5. The zero-order valence-electron chi connectivity index (χ0n) is 21.7. The Kier molecular flexibility index (Phi) is 8.58. The number of aryl methyl sites for hydroxylation is 1. The van der Waals surface area contributed by atoms with Crippen LogP contribution in [0, 0.1) is 6.92 Å². The maximum Gasteiger partial charge on any atom is 0.490 e. The van der Waals surface area contributed by atoms with E-state index in [1.165, 1.54) is 11.1 Å². The summed E-state index contributed by atoms with van der Waals surface area (Å²) in [6.07, 6.45) is -1.66. The molecule has 2 aromatic rings. The van der Waals surface area contributed by atoms with Crippen LogP contribution in [-0.2, 0) is 19.7 Å². The highest BCUT2D eigenvalue weighted by Crippen LogP contribution is 2.52. The maximum absolute atomic E-state index is 13.0. The van der Waals surface area contributed by atoms with E-state index in [-0.39, 0.29) is 23.1 Å². The van der Waals surface area contributed by atoms with Crippen LogP contribution < -0.4 is 0 Å². The minimum Gasteiger partial charge on any atom is -0.475 e. The zero-order chi connectivity index (χ0) is 28.2. The standard InChI is InChI=1S/C26H31N3O3.C2HF3O2/c1-19-5-4-8-23(27-19)25(31)29-11-9-26(10-12-29)18-20(21-6-2-3-7-22(21)26)17-24(30)28-13-15-32-16-14-28;3-2(4,5)1(6)7/h2-8,20H,9-18H2,1H3;(H,6,7). The number of carboxylic acid groups (broad SMARTS) is 1. The molecule has 8 nitrogen and oxygen atoms in total. The number of nitrogens with zero attached hydrogens (tertiary/aromatic N) is 3. The quantitative estimate of drug-likeness (QED) is 0.625. The van der Waals surface area contributed by atoms with Crippen molar-refractivity contribution in [2.45, 2.75) is 50.1 Å². The smallest absolute Gasteiger partial charge is 0.475 e. The fraction of sp³-hybridized carbons (Fsp3) is 0.500. The number of likely N-dealkylation sites (tertiary alicyclic amines) is 1. The summed E-state index contributed by atoms with van der Waals surface area (Å²) in [4.78, 5) is 43.2. The molecule has 0 saturated carbocycles. The summed E-state index contributed by atoms with van der Waals surface area (Å²) in [5.74, 6) is -2.24. The number of rotatable bonds is 3. The number of carboxylic acids is 1. The molecule has 210 valence electrons. The number of amides is 2. The van der Waals surface area contributed by atoms with Gasteiger partial charge in [-0.2, -0.15) is 13.2 Å². The lowest BCUT2D eigenvalue weighted by molar-refractivity contribution is -0.192. The van der Waals surface area contributed by atoms with E-state index in [1.807, 2.05) is 28.9 Å². The second kappa shape index (κ2) is 11.7. The maximum atomic E-state index is 13.0. The average Bonchev–Trinajstić information content (AvgIpc) is 3.21. The van der Waals surface area contributed by atoms with Crippen LogP contribution in [0.25, 0.3) is 0 Å². The SMILES string of the molecule is Cc1cccc(C(=O)N2CCC3(CC2)CC(CC(=O)N2CCOCC2)c2ccccc23)n1.O=C(O)C(F)(F)F. The normalized spacial score (nSPS) is 20.2. The van der Waals surface area contributed by atoms with Crippen LogP contribution in [-0.4, -0.2) is 83.2 Å². The van der Waals surface area contributed by atoms with E-state index in [9.17, 15) is 22.8 Å². The van der Waals surface area contributed by atoms with Crippen LogP contribution in [0.3, 0.4) is 0 Å². The van der Waals surface area contributed by atoms with Crippen LogP contribution in [0.5, 0.6) is 0 Å². The summed E-state index contributed by atoms with van der Waals surface area (Å²) >= 11 is 0. The molecule has 1 aliphatic carbocycles. The van der Waals surface area contributed by atoms with Gasteiger partial charge in [0.2, 0.25) is 5.91 Å². The summed E-state index contributed by atoms with van der Waals surface area (Å²) in [5, 5.41) is 7.12. The van der Waals surface area contributed by atoms with Gasteiger partial charge in [-0.3, -0.25) is 9.59 Å². The monoisotopic (exact) mass is 547 g/mol. The van der Waals surface area contributed by atoms with Gasteiger partial charge >= 0.3 is 12.1 Å². The largest absolute Gasteiger partial charge is 0.490 e. The third kappa shape index (κ3) is 6.58. The molecule has 1 aromatic heterocycles. The number of aromatic nitrogens is 1. The predicted molar refractivity (Wildman–Crippen MR) is 135 cm³/mol. The highest BCUT2D eigenvalue weighted by atomic mass is 19.4. The van der Waals surface area contributed by atoms with Crippen LogP contribution in [0.2, 0.25) is 0 Å². The van der Waals surface area contributed by atoms with Crippen LogP contribution in [0.4, 0.5) is 13.2 Å². The molecule has 2 fully saturated rings. The molecule has 3 aliphatic rings. The summed E-state index contributed by atoms with van der Waals surface area (Å²) in [5.41, 5.74) is 4.17. The minimum atomic E-state index is -5.08. The van der Waals surface area contributed by atoms with Crippen LogP contribution in [0.15, 0.2) is 42.5 Å². The van der Waals surface area contributed by atoms with Gasteiger partial charge in [0.25, 0.3) is 5.91 Å². The number of carbonyl (C=O) groups is 3. The average molecular weight is 548 g/mol. The van der Waals surface area contributed by atoms with Crippen molar-refractivity contribution in [3.63, 3.8) is 0 Å². The Morgan fingerprint density at radius 2 is 1.64 bits per heavy atom. The fourth-order valence-corrected chi connectivity index (χ4v) is 5.80. The number of pyridine rings is 1. The fourth-order valence-electron chi connectivity index (χ4n) is 5.80. The summed E-state index contributed by atoms with van der Waals surface area (Å²) < 4.78 is 37.1. The van der Waals surface area contributed by atoms with E-state index in [4.69, 9.17) is 14.6 Å². The number of carbonyl (C=O) groups excluding carboxylic acids is 2. The first kappa shape index (κ1) is 28.5. The molecular weight excluding hydrogens is 515 g/mol. The molecule has 0 radical (unpaired) electrons. The zero-order valence-corrected chi connectivity index (χ0v) is 21.7. The minimum absolute atomic E-state index is 0.0221. The van der Waals surface area contributed by atoms with Crippen LogP contribution in [0.1, 0.15) is 58.9 Å². The number of hydrogen-bond acceptors (Lipinski definition) is 5. The number of halogens is 3. The Morgan fingerprint density at radius 1 is 1.00 bits per heavy atom. The molecule has 1 atom stereocenters. The summed E-state index contributed by atoms with van der Waals surface area (Å²) in [6, 6.07) is 14.3. The molecule has 2 saturated heterocycles. The Bertz CT molecular complexity index is 1200. The van der Waals surface area contributed by atoms with Gasteiger partial charge in [-0.15, -0.1) is 0 Å². The first-order valence-electron chi connectivity index (χ1n) is 13.0. The van der Waals surface area contributed by atoms with Crippen molar-refractivity contribution in [3.05, 3.63) is 65.0 Å². The number of piperidine rings is 1. The van der Waals surface area contributed by atoms with Gasteiger partial charge in [0, 0.05) is 38.3 Å². The molecule has 5 rings (SSSR count). The highest BCUT2D eigenvalue weighted by Gasteiger charge is 2.46. The van der Waals surface area contributed by atoms with Gasteiger partial charge in [0.1, 0.15) is 5.69 Å². The third-order valence-corrected chi connectivity index (χ3v) is 7.75. The molecule has 1 N–H and O–H groups in total. The molecule has 39 heavy (non-hydrogen) atoms. The number of aliphatic carboxylic acids is 1. The van der Waals surface area contributed by atoms with Crippen molar-refractivity contribution < 1.29 is 37.4 Å². The van der Waals surface area contributed by atoms with E-state index in [0.29, 0.717) is 38.4 Å². The van der Waals surface area contributed by atoms with Gasteiger partial charge in [0.15, 0.2) is 0 Å². The van der Waals surface area contributed by atoms with E-state index in [2.05, 4.69) is 29.2 Å². The lowest BCUT2D eigenvalue weighted by atomic mass is 9.73. The Balaban J connectivity index is 0.000000448. The van der Waals surface area contributed by atoms with Crippen molar-refractivity contribution in [2.75, 3.05) is 39.4 Å². The lowest BCUT2D eigenvalue weighted by Gasteiger charge is -2.40. The van der Waals surface area contributed by atoms with Gasteiger partial charge in [-0.1, -0.05) is 30.3 Å². The molecule has 1 unspecified atom stereocenters. The number of alkyl halides is 3. The molecule has 11 heteroatoms. The Morgan fingerprint density at radius 3 is 2.26 bits per heavy atom. The number of benzene rings is 1. The molecule has 2 aliphatic heterocycles. The second-order valence-corrected chi connectivity index (χ2v) is 10.2. The topological polar surface area (TPSA) is 100 Å². The number of fused-ring (bicyclic) bond motifs is 2. The first-order valence-corrected chi connectivity index (χ1v) is 13.0. The van der Waals surface area contributed by atoms with E-state index < -0.39 is 12.1 Å². The van der Waals surface area contributed by atoms with Crippen molar-refractivity contribution in [1.29, 1.82) is 0 Å². The Hall–Kier alpha value is -3.47. The van der Waals surface area contributed by atoms with Crippen LogP contribution >= 0.6 is 0 Å². The molecule has 1 spiro atoms. The first-order chi connectivity index (χ1) is 18.5. The molecule has 2 amide bonds. The highest BCUT2D eigenvalue weighted by molar-refractivity contribution is 5.92. The molecule has 1 aromatic carbocycles. The lowest BCUT2D eigenvalue weighted by Crippen LogP contribution is -2.44. The van der Waals surface area contributed by atoms with Crippen molar-refractivity contribution in [2.24, 2.45) is 0 Å². The van der Waals surface area contributed by atoms with Gasteiger partial charge < -0.3 is 19.6 Å². The van der Waals surface area contributed by atoms with Crippen molar-refractivity contribution >= 4 is 17.8 Å². The second-order valence-electron chi connectivity index (χ2n) is 10.2. The van der Waals surface area contributed by atoms with Gasteiger partial charge in [-0.05, 0) is 60.8 Å². The predicted octanol–water partition coefficient (Wildman–Crippen LogP) is 3.93. The summed E-state index contributed by atoms with van der Waals surface area (Å²) in [6.45, 7) is 6.04. The summed E-state index contributed by atoms with van der Waals surface area (Å²) in [7, 11) is 0. The number of hydrogen-bond donors (Lipinski definition) is 1. The van der Waals surface area contributed by atoms with E-state index in [1.54, 1.807) is 6.07 Å². The van der Waals surface area contributed by atoms with Crippen molar-refractivity contribution in [3.8, 4) is 0 Å². The number of morpholine rings is 1. The molecule has 3 heterocycles. The van der Waals surface area contributed by atoms with Crippen molar-refractivity contribution in [1.82, 2.24) is 14.8 Å². The van der Waals surface area contributed by atoms with Gasteiger partial charge in [0.05, 0.1) is 13.2 Å². The Labute approximate surface area is 224 Å². The van der Waals surface area contributed by atoms with E-state index in [0.717, 1.165) is 38.0 Å². The van der Waals surface area contributed by atoms with E-state index >= 15 is 0 Å². The number of ether oxygens (including phenoxy) is 1.